The van der Waals surface area contributed by atoms with Gasteiger partial charge in [-0.05, 0) is 18.6 Å². The Hall–Kier alpha value is -2.17. The molecule has 0 radical (unpaired) electrons. The number of carbonyl (C=O) groups is 3. The topological polar surface area (TPSA) is 80.7 Å². The first kappa shape index (κ1) is 14.9. The molecule has 5 heteroatoms. The standard InChI is InChI=1S/C14H16O5/c1-3-12(15)10-6-5-9(8-13(16)17)11(7-10)14(18)19-4-2/h5-7H,3-4,8H2,1-2H3,(H,16,17). The Kier molecular flexibility index (Phi) is 5.23. The van der Waals surface area contributed by atoms with Gasteiger partial charge in [0.05, 0.1) is 18.6 Å². The van der Waals surface area contributed by atoms with Gasteiger partial charge in [0.25, 0.3) is 0 Å². The number of rotatable bonds is 6. The van der Waals surface area contributed by atoms with Gasteiger partial charge < -0.3 is 9.84 Å². The van der Waals surface area contributed by atoms with Crippen LogP contribution in [0.3, 0.4) is 0 Å². The zero-order valence-electron chi connectivity index (χ0n) is 10.9. The maximum absolute atomic E-state index is 11.8. The number of aliphatic carboxylic acids is 1. The van der Waals surface area contributed by atoms with Gasteiger partial charge in [0.2, 0.25) is 0 Å². The average Bonchev–Trinajstić information content (AvgIpc) is 2.37. The first-order valence-corrected chi connectivity index (χ1v) is 6.04. The highest BCUT2D eigenvalue weighted by atomic mass is 16.5. The van der Waals surface area contributed by atoms with E-state index in [1.54, 1.807) is 13.8 Å². The SMILES string of the molecule is CCOC(=O)c1cc(C(=O)CC)ccc1CC(=O)O. The van der Waals surface area contributed by atoms with E-state index < -0.39 is 11.9 Å². The zero-order valence-corrected chi connectivity index (χ0v) is 10.9. The van der Waals surface area contributed by atoms with Crippen molar-refractivity contribution in [1.29, 1.82) is 0 Å². The molecule has 102 valence electrons. The minimum atomic E-state index is -1.04. The fourth-order valence-electron chi connectivity index (χ4n) is 1.67. The lowest BCUT2D eigenvalue weighted by molar-refractivity contribution is -0.136. The van der Waals surface area contributed by atoms with Gasteiger partial charge in [0, 0.05) is 12.0 Å². The minimum absolute atomic E-state index is 0.104. The van der Waals surface area contributed by atoms with Gasteiger partial charge in [-0.25, -0.2) is 4.79 Å². The molecule has 19 heavy (non-hydrogen) atoms. The van der Waals surface area contributed by atoms with E-state index in [1.165, 1.54) is 18.2 Å². The molecule has 0 heterocycles. The van der Waals surface area contributed by atoms with E-state index in [0.717, 1.165) is 0 Å². The molecular formula is C14H16O5. The number of carboxylic acids is 1. The Labute approximate surface area is 111 Å². The minimum Gasteiger partial charge on any atom is -0.481 e. The Morgan fingerprint density at radius 1 is 1.21 bits per heavy atom. The van der Waals surface area contributed by atoms with Crippen LogP contribution in [-0.4, -0.2) is 29.4 Å². The van der Waals surface area contributed by atoms with Crippen molar-refractivity contribution in [2.75, 3.05) is 6.61 Å². The lowest BCUT2D eigenvalue weighted by Crippen LogP contribution is -2.12. The molecule has 0 bridgehead atoms. The molecule has 0 aromatic heterocycles. The molecule has 1 rings (SSSR count). The summed E-state index contributed by atoms with van der Waals surface area (Å²) in [4.78, 5) is 34.2. The van der Waals surface area contributed by atoms with E-state index in [4.69, 9.17) is 9.84 Å². The smallest absolute Gasteiger partial charge is 0.338 e. The van der Waals surface area contributed by atoms with Crippen LogP contribution in [0.2, 0.25) is 0 Å². The second-order valence-corrected chi connectivity index (χ2v) is 3.94. The fraction of sp³-hybridized carbons (Fsp3) is 0.357. The summed E-state index contributed by atoms with van der Waals surface area (Å²) < 4.78 is 4.88. The highest BCUT2D eigenvalue weighted by molar-refractivity contribution is 6.00. The Morgan fingerprint density at radius 3 is 2.42 bits per heavy atom. The molecule has 5 nitrogen and oxygen atoms in total. The van der Waals surface area contributed by atoms with Gasteiger partial charge in [-0.2, -0.15) is 0 Å². The van der Waals surface area contributed by atoms with Gasteiger partial charge in [0.15, 0.2) is 5.78 Å². The summed E-state index contributed by atoms with van der Waals surface area (Å²) in [5, 5.41) is 8.81. The molecule has 0 saturated carbocycles. The van der Waals surface area contributed by atoms with Gasteiger partial charge in [-0.1, -0.05) is 19.1 Å². The molecule has 0 spiro atoms. The third kappa shape index (κ3) is 3.91. The summed E-state index contributed by atoms with van der Waals surface area (Å²) in [6.45, 7) is 3.57. The molecule has 1 aromatic rings. The summed E-state index contributed by atoms with van der Waals surface area (Å²) in [5.41, 5.74) is 0.877. The quantitative estimate of drug-likeness (QED) is 0.628. The number of hydrogen-bond acceptors (Lipinski definition) is 4. The van der Waals surface area contributed by atoms with Crippen molar-refractivity contribution >= 4 is 17.7 Å². The maximum Gasteiger partial charge on any atom is 0.338 e. The Morgan fingerprint density at radius 2 is 1.89 bits per heavy atom. The van der Waals surface area contributed by atoms with Crippen LogP contribution in [-0.2, 0) is 16.0 Å². The molecule has 0 atom stereocenters. The Balaban J connectivity index is 3.21. The molecule has 0 unspecified atom stereocenters. The van der Waals surface area contributed by atoms with Crippen LogP contribution in [0.4, 0.5) is 0 Å². The van der Waals surface area contributed by atoms with Crippen molar-refractivity contribution in [2.24, 2.45) is 0 Å². The second kappa shape index (κ2) is 6.68. The number of carbonyl (C=O) groups excluding carboxylic acids is 2. The fourth-order valence-corrected chi connectivity index (χ4v) is 1.67. The van der Waals surface area contributed by atoms with E-state index in [9.17, 15) is 14.4 Å². The van der Waals surface area contributed by atoms with Gasteiger partial charge >= 0.3 is 11.9 Å². The van der Waals surface area contributed by atoms with Crippen molar-refractivity contribution < 1.29 is 24.2 Å². The monoisotopic (exact) mass is 264 g/mol. The van der Waals surface area contributed by atoms with Crippen molar-refractivity contribution in [3.8, 4) is 0 Å². The van der Waals surface area contributed by atoms with Gasteiger partial charge in [-0.3, -0.25) is 9.59 Å². The van der Waals surface area contributed by atoms with E-state index in [1.807, 2.05) is 0 Å². The lowest BCUT2D eigenvalue weighted by atomic mass is 9.99. The van der Waals surface area contributed by atoms with Gasteiger partial charge in [0.1, 0.15) is 0 Å². The number of carboxylic acid groups (broad SMARTS) is 1. The summed E-state index contributed by atoms with van der Waals surface area (Å²) in [7, 11) is 0. The third-order valence-electron chi connectivity index (χ3n) is 2.59. The van der Waals surface area contributed by atoms with Crippen LogP contribution >= 0.6 is 0 Å². The van der Waals surface area contributed by atoms with Crippen LogP contribution in [0.15, 0.2) is 18.2 Å². The normalized spacial score (nSPS) is 10.0. The summed E-state index contributed by atoms with van der Waals surface area (Å²) in [6.07, 6.45) is 0.0370. The number of esters is 1. The molecule has 0 amide bonds. The number of ketones is 1. The van der Waals surface area contributed by atoms with E-state index in [-0.39, 0.29) is 24.4 Å². The van der Waals surface area contributed by atoms with Crippen LogP contribution in [0.5, 0.6) is 0 Å². The maximum atomic E-state index is 11.8. The van der Waals surface area contributed by atoms with Crippen LogP contribution < -0.4 is 0 Å². The highest BCUT2D eigenvalue weighted by Gasteiger charge is 2.17. The molecule has 0 aliphatic rings. The molecular weight excluding hydrogens is 248 g/mol. The second-order valence-electron chi connectivity index (χ2n) is 3.94. The zero-order chi connectivity index (χ0) is 14.4. The summed E-state index contributed by atoms with van der Waals surface area (Å²) in [5.74, 6) is -1.75. The molecule has 1 aromatic carbocycles. The van der Waals surface area contributed by atoms with Crippen LogP contribution in [0.1, 0.15) is 46.5 Å². The van der Waals surface area contributed by atoms with Crippen molar-refractivity contribution in [3.63, 3.8) is 0 Å². The van der Waals surface area contributed by atoms with Crippen molar-refractivity contribution in [1.82, 2.24) is 0 Å². The largest absolute Gasteiger partial charge is 0.481 e. The highest BCUT2D eigenvalue weighted by Crippen LogP contribution is 2.16. The van der Waals surface area contributed by atoms with E-state index in [2.05, 4.69) is 0 Å². The average molecular weight is 264 g/mol. The number of hydrogen-bond donors (Lipinski definition) is 1. The van der Waals surface area contributed by atoms with Crippen LogP contribution in [0, 0.1) is 0 Å². The molecule has 0 aliphatic carbocycles. The number of ether oxygens (including phenoxy) is 1. The lowest BCUT2D eigenvalue weighted by Gasteiger charge is -2.09. The first-order chi connectivity index (χ1) is 8.99. The van der Waals surface area contributed by atoms with E-state index in [0.29, 0.717) is 17.5 Å². The van der Waals surface area contributed by atoms with Crippen molar-refractivity contribution in [2.45, 2.75) is 26.7 Å². The van der Waals surface area contributed by atoms with Crippen LogP contribution in [0.25, 0.3) is 0 Å². The number of Topliss-reactive ketones (excluding diaryl/α,β-unsaturated/α-hetero) is 1. The van der Waals surface area contributed by atoms with Crippen molar-refractivity contribution in [3.05, 3.63) is 34.9 Å². The molecule has 0 saturated heterocycles. The summed E-state index contributed by atoms with van der Waals surface area (Å²) in [6, 6.07) is 4.43. The first-order valence-electron chi connectivity index (χ1n) is 6.04. The Bertz CT molecular complexity index is 505. The predicted octanol–water partition coefficient (Wildman–Crippen LogP) is 2.08. The molecule has 1 N–H and O–H groups in total. The van der Waals surface area contributed by atoms with Gasteiger partial charge in [-0.15, -0.1) is 0 Å². The predicted molar refractivity (Wildman–Crippen MR) is 68.4 cm³/mol. The molecule has 0 fully saturated rings. The number of benzene rings is 1. The molecule has 0 aliphatic heterocycles. The summed E-state index contributed by atoms with van der Waals surface area (Å²) >= 11 is 0. The van der Waals surface area contributed by atoms with E-state index >= 15 is 0 Å². The third-order valence-corrected chi connectivity index (χ3v) is 2.59.